The van der Waals surface area contributed by atoms with Gasteiger partial charge in [-0.25, -0.2) is 8.42 Å². The van der Waals surface area contributed by atoms with Crippen molar-refractivity contribution in [2.24, 2.45) is 5.92 Å². The molecule has 17 heavy (non-hydrogen) atoms. The Labute approximate surface area is 105 Å². The molecule has 2 fully saturated rings. The van der Waals surface area contributed by atoms with Gasteiger partial charge >= 0.3 is 0 Å². The van der Waals surface area contributed by atoms with E-state index in [1.54, 1.807) is 0 Å². The fourth-order valence-corrected chi connectivity index (χ4v) is 3.29. The molecule has 100 valence electrons. The van der Waals surface area contributed by atoms with Gasteiger partial charge in [0, 0.05) is 37.5 Å². The van der Waals surface area contributed by atoms with E-state index in [1.165, 1.54) is 19.1 Å². The molecule has 0 aromatic rings. The van der Waals surface area contributed by atoms with Crippen molar-refractivity contribution in [1.82, 2.24) is 10.2 Å². The van der Waals surface area contributed by atoms with Crippen LogP contribution in [0.5, 0.6) is 0 Å². The number of nitrogens with one attached hydrogen (secondary N) is 1. The molecule has 0 bridgehead atoms. The summed E-state index contributed by atoms with van der Waals surface area (Å²) in [5, 5.41) is 3.64. The van der Waals surface area contributed by atoms with Crippen LogP contribution in [0.2, 0.25) is 0 Å². The molecular weight excluding hydrogens is 236 g/mol. The third-order valence-electron chi connectivity index (χ3n) is 4.18. The number of hydrogen-bond donors (Lipinski definition) is 1. The highest BCUT2D eigenvalue weighted by molar-refractivity contribution is 7.90. The molecule has 0 aromatic carbocycles. The zero-order chi connectivity index (χ0) is 12.7. The number of sulfone groups is 1. The van der Waals surface area contributed by atoms with E-state index >= 15 is 0 Å². The largest absolute Gasteiger partial charge is 0.308 e. The molecule has 2 unspecified atom stereocenters. The van der Waals surface area contributed by atoms with E-state index in [-0.39, 0.29) is 11.3 Å². The quantitative estimate of drug-likeness (QED) is 0.799. The molecule has 0 spiro atoms. The molecule has 0 amide bonds. The molecule has 1 heterocycles. The Kier molecular flexibility index (Phi) is 3.54. The standard InChI is InChI=1S/C12H24N2O2S/c1-10-8-13-12(2,11-4-5-11)9-14(10)6-7-17(3,15)16/h10-11,13H,4-9H2,1-3H3. The van der Waals surface area contributed by atoms with Gasteiger partial charge < -0.3 is 5.32 Å². The van der Waals surface area contributed by atoms with E-state index in [4.69, 9.17) is 0 Å². The highest BCUT2D eigenvalue weighted by Gasteiger charge is 2.45. The zero-order valence-corrected chi connectivity index (χ0v) is 11.9. The van der Waals surface area contributed by atoms with E-state index in [1.807, 2.05) is 0 Å². The van der Waals surface area contributed by atoms with Gasteiger partial charge in [0.1, 0.15) is 9.84 Å². The second-order valence-corrected chi connectivity index (χ2v) is 8.28. The van der Waals surface area contributed by atoms with Gasteiger partial charge in [-0.1, -0.05) is 0 Å². The Balaban J connectivity index is 1.95. The van der Waals surface area contributed by atoms with Crippen LogP contribution in [0.25, 0.3) is 0 Å². The van der Waals surface area contributed by atoms with Gasteiger partial charge in [-0.05, 0) is 32.6 Å². The third-order valence-corrected chi connectivity index (χ3v) is 5.11. The Bertz CT molecular complexity index is 378. The fraction of sp³-hybridized carbons (Fsp3) is 1.00. The maximum atomic E-state index is 11.2. The van der Waals surface area contributed by atoms with Crippen LogP contribution in [0.4, 0.5) is 0 Å². The average Bonchev–Trinajstić information content (AvgIpc) is 3.02. The van der Waals surface area contributed by atoms with E-state index < -0.39 is 9.84 Å². The summed E-state index contributed by atoms with van der Waals surface area (Å²) in [6.45, 7) is 7.07. The summed E-state index contributed by atoms with van der Waals surface area (Å²) in [6.07, 6.45) is 3.95. The normalized spacial score (nSPS) is 36.1. The molecule has 5 heteroatoms. The highest BCUT2D eigenvalue weighted by atomic mass is 32.2. The van der Waals surface area contributed by atoms with Crippen LogP contribution in [0.3, 0.4) is 0 Å². The molecule has 2 aliphatic rings. The molecule has 4 nitrogen and oxygen atoms in total. The third kappa shape index (κ3) is 3.42. The number of rotatable bonds is 4. The summed E-state index contributed by atoms with van der Waals surface area (Å²) in [4.78, 5) is 2.33. The SMILES string of the molecule is CC1CNC(C)(C2CC2)CN1CCS(C)(=O)=O. The fourth-order valence-electron chi connectivity index (χ4n) is 2.72. The molecular formula is C12H24N2O2S. The van der Waals surface area contributed by atoms with E-state index in [0.717, 1.165) is 19.0 Å². The lowest BCUT2D eigenvalue weighted by molar-refractivity contribution is 0.0891. The molecule has 1 aliphatic heterocycles. The molecule has 1 N–H and O–H groups in total. The predicted octanol–water partition coefficient (Wildman–Crippen LogP) is 0.493. The van der Waals surface area contributed by atoms with Crippen molar-refractivity contribution in [3.05, 3.63) is 0 Å². The predicted molar refractivity (Wildman–Crippen MR) is 69.9 cm³/mol. The van der Waals surface area contributed by atoms with Gasteiger partial charge in [0.2, 0.25) is 0 Å². The number of nitrogens with zero attached hydrogens (tertiary/aromatic N) is 1. The monoisotopic (exact) mass is 260 g/mol. The van der Waals surface area contributed by atoms with Gasteiger partial charge in [-0.15, -0.1) is 0 Å². The molecule has 2 atom stereocenters. The van der Waals surface area contributed by atoms with Gasteiger partial charge in [0.15, 0.2) is 0 Å². The molecule has 1 saturated carbocycles. The Hall–Kier alpha value is -0.130. The minimum absolute atomic E-state index is 0.198. The Morgan fingerprint density at radius 2 is 2.06 bits per heavy atom. The zero-order valence-electron chi connectivity index (χ0n) is 11.1. The van der Waals surface area contributed by atoms with Crippen molar-refractivity contribution in [3.63, 3.8) is 0 Å². The Morgan fingerprint density at radius 3 is 2.59 bits per heavy atom. The Morgan fingerprint density at radius 1 is 1.41 bits per heavy atom. The molecule has 1 saturated heterocycles. The minimum Gasteiger partial charge on any atom is -0.308 e. The van der Waals surface area contributed by atoms with Gasteiger partial charge in [-0.2, -0.15) is 0 Å². The summed E-state index contributed by atoms with van der Waals surface area (Å²) < 4.78 is 22.5. The van der Waals surface area contributed by atoms with Crippen LogP contribution in [-0.2, 0) is 9.84 Å². The molecule has 0 aromatic heterocycles. The van der Waals surface area contributed by atoms with Crippen molar-refractivity contribution in [1.29, 1.82) is 0 Å². The van der Waals surface area contributed by atoms with Crippen molar-refractivity contribution >= 4 is 9.84 Å². The topological polar surface area (TPSA) is 49.4 Å². The lowest BCUT2D eigenvalue weighted by Gasteiger charge is -2.45. The van der Waals surface area contributed by atoms with Crippen LogP contribution in [0.1, 0.15) is 26.7 Å². The molecule has 0 radical (unpaired) electrons. The van der Waals surface area contributed by atoms with Gasteiger partial charge in [-0.3, -0.25) is 4.90 Å². The highest BCUT2D eigenvalue weighted by Crippen LogP contribution is 2.41. The van der Waals surface area contributed by atoms with Crippen LogP contribution in [0, 0.1) is 5.92 Å². The van der Waals surface area contributed by atoms with E-state index in [2.05, 4.69) is 24.1 Å². The lowest BCUT2D eigenvalue weighted by Crippen LogP contribution is -2.63. The number of piperazine rings is 1. The van der Waals surface area contributed by atoms with E-state index in [9.17, 15) is 8.42 Å². The number of hydrogen-bond acceptors (Lipinski definition) is 4. The summed E-state index contributed by atoms with van der Waals surface area (Å²) >= 11 is 0. The first kappa shape index (κ1) is 13.3. The summed E-state index contributed by atoms with van der Waals surface area (Å²) in [7, 11) is -2.85. The maximum Gasteiger partial charge on any atom is 0.148 e. The van der Waals surface area contributed by atoms with Gasteiger partial charge in [0.25, 0.3) is 0 Å². The average molecular weight is 260 g/mol. The minimum atomic E-state index is -2.85. The van der Waals surface area contributed by atoms with Crippen LogP contribution in [-0.4, -0.2) is 56.5 Å². The van der Waals surface area contributed by atoms with Crippen LogP contribution in [0.15, 0.2) is 0 Å². The molecule has 1 aliphatic carbocycles. The van der Waals surface area contributed by atoms with Crippen molar-refractivity contribution in [2.75, 3.05) is 31.6 Å². The smallest absolute Gasteiger partial charge is 0.148 e. The first-order valence-electron chi connectivity index (χ1n) is 6.47. The van der Waals surface area contributed by atoms with Crippen LogP contribution < -0.4 is 5.32 Å². The summed E-state index contributed by atoms with van der Waals surface area (Å²) in [5.41, 5.74) is 0.198. The first-order chi connectivity index (χ1) is 7.80. The van der Waals surface area contributed by atoms with E-state index in [0.29, 0.717) is 12.6 Å². The lowest BCUT2D eigenvalue weighted by atomic mass is 9.91. The summed E-state index contributed by atoms with van der Waals surface area (Å²) in [5.74, 6) is 1.06. The second kappa shape index (κ2) is 4.52. The first-order valence-corrected chi connectivity index (χ1v) is 8.53. The van der Waals surface area contributed by atoms with Crippen LogP contribution >= 0.6 is 0 Å². The summed E-state index contributed by atoms with van der Waals surface area (Å²) in [6, 6.07) is 0.434. The van der Waals surface area contributed by atoms with Gasteiger partial charge in [0.05, 0.1) is 5.75 Å². The van der Waals surface area contributed by atoms with Crippen molar-refractivity contribution < 1.29 is 8.42 Å². The van der Waals surface area contributed by atoms with Crippen molar-refractivity contribution in [3.8, 4) is 0 Å². The maximum absolute atomic E-state index is 11.2. The molecule has 2 rings (SSSR count). The second-order valence-electron chi connectivity index (χ2n) is 6.02. The van der Waals surface area contributed by atoms with Crippen molar-refractivity contribution in [2.45, 2.75) is 38.3 Å².